The van der Waals surface area contributed by atoms with E-state index in [2.05, 4.69) is 150 Å². The second-order valence-electron chi connectivity index (χ2n) is 11.1. The minimum Gasteiger partial charge on any atom is -0.308 e. The summed E-state index contributed by atoms with van der Waals surface area (Å²) in [6.07, 6.45) is 1.90. The lowest BCUT2D eigenvalue weighted by Gasteiger charge is -2.25. The Morgan fingerprint density at radius 1 is 0.395 bits per heavy atom. The molecule has 9 rings (SSSR count). The number of nitrogens with zero attached hydrogens (tertiary/aromatic N) is 2. The van der Waals surface area contributed by atoms with E-state index in [0.29, 0.717) is 0 Å². The Morgan fingerprint density at radius 3 is 1.65 bits per heavy atom. The van der Waals surface area contributed by atoms with Gasteiger partial charge in [0.15, 0.2) is 0 Å². The molecule has 0 saturated carbocycles. The highest BCUT2D eigenvalue weighted by molar-refractivity contribution is 6.11. The fourth-order valence-corrected chi connectivity index (χ4v) is 7.01. The van der Waals surface area contributed by atoms with Gasteiger partial charge < -0.3 is 4.57 Å². The number of pyridine rings is 1. The molecule has 2 heterocycles. The van der Waals surface area contributed by atoms with Crippen LogP contribution in [0.2, 0.25) is 0 Å². The first-order valence-electron chi connectivity index (χ1n) is 14.7. The van der Waals surface area contributed by atoms with Crippen molar-refractivity contribution in [2.75, 3.05) is 0 Å². The number of aromatic nitrogens is 2. The Balaban J connectivity index is 1.36. The fraction of sp³-hybridized carbons (Fsp3) is 0. The summed E-state index contributed by atoms with van der Waals surface area (Å²) in [6.45, 7) is 0. The molecular formula is C41H26N2. The molecule has 1 aliphatic rings. The van der Waals surface area contributed by atoms with Crippen LogP contribution in [-0.2, 0) is 0 Å². The first-order valence-corrected chi connectivity index (χ1v) is 14.7. The normalized spacial score (nSPS) is 11.7. The molecule has 2 aromatic heterocycles. The van der Waals surface area contributed by atoms with Gasteiger partial charge in [-0.05, 0) is 92.0 Å². The second-order valence-corrected chi connectivity index (χ2v) is 11.1. The zero-order valence-corrected chi connectivity index (χ0v) is 23.4. The molecule has 0 aliphatic heterocycles. The van der Waals surface area contributed by atoms with Crippen molar-refractivity contribution in [3.05, 3.63) is 158 Å². The molecule has 43 heavy (non-hydrogen) atoms. The molecule has 0 bridgehead atoms. The summed E-state index contributed by atoms with van der Waals surface area (Å²) in [6, 6.07) is 54.9. The molecule has 200 valence electrons. The van der Waals surface area contributed by atoms with E-state index in [4.69, 9.17) is 4.98 Å². The largest absolute Gasteiger partial charge is 0.308 e. The Hall–Kier alpha value is -5.73. The monoisotopic (exact) mass is 546 g/mol. The number of para-hydroxylation sites is 1. The lowest BCUT2D eigenvalue weighted by Crippen LogP contribution is -1.98. The quantitative estimate of drug-likeness (QED) is 0.211. The van der Waals surface area contributed by atoms with Gasteiger partial charge in [-0.3, -0.25) is 4.98 Å². The van der Waals surface area contributed by atoms with E-state index in [1.54, 1.807) is 0 Å². The zero-order chi connectivity index (χ0) is 28.3. The van der Waals surface area contributed by atoms with Gasteiger partial charge in [-0.15, -0.1) is 0 Å². The Bertz CT molecular complexity index is 2340. The van der Waals surface area contributed by atoms with E-state index in [1.165, 1.54) is 55.6 Å². The van der Waals surface area contributed by atoms with Crippen molar-refractivity contribution >= 4 is 21.9 Å². The average Bonchev–Trinajstić information content (AvgIpc) is 3.41. The number of hydrogen-bond donors (Lipinski definition) is 0. The van der Waals surface area contributed by atoms with Gasteiger partial charge in [0.25, 0.3) is 0 Å². The van der Waals surface area contributed by atoms with Crippen molar-refractivity contribution in [3.63, 3.8) is 0 Å². The van der Waals surface area contributed by atoms with E-state index in [1.807, 2.05) is 12.3 Å². The van der Waals surface area contributed by atoms with Crippen LogP contribution in [0.15, 0.2) is 158 Å². The van der Waals surface area contributed by atoms with Crippen molar-refractivity contribution in [1.82, 2.24) is 9.55 Å². The molecule has 0 spiro atoms. The second kappa shape index (κ2) is 9.40. The van der Waals surface area contributed by atoms with Crippen LogP contribution in [0, 0.1) is 0 Å². The standard InChI is InChI=1S/C41H26N2/c1-2-12-28(13-3-1)43-38-24-23-27(26-37(38)41-39(43)22-11-25-42-41)29-20-10-21-36-34-17-7-6-16-32(34)30-14-4-5-15-31(30)33-18-8-9-19-35(33)40(29)36/h1-26H. The molecule has 2 nitrogen and oxygen atoms in total. The predicted molar refractivity (Wildman–Crippen MR) is 179 cm³/mol. The van der Waals surface area contributed by atoms with Crippen LogP contribution in [-0.4, -0.2) is 9.55 Å². The third-order valence-electron chi connectivity index (χ3n) is 8.83. The summed E-state index contributed by atoms with van der Waals surface area (Å²) in [5.74, 6) is 0. The molecular weight excluding hydrogens is 520 g/mol. The molecule has 1 aliphatic carbocycles. The molecule has 2 heteroatoms. The Kier molecular flexibility index (Phi) is 5.23. The highest BCUT2D eigenvalue weighted by Gasteiger charge is 2.24. The summed E-state index contributed by atoms with van der Waals surface area (Å²) in [7, 11) is 0. The van der Waals surface area contributed by atoms with Gasteiger partial charge >= 0.3 is 0 Å². The van der Waals surface area contributed by atoms with Crippen molar-refractivity contribution < 1.29 is 0 Å². The van der Waals surface area contributed by atoms with Crippen molar-refractivity contribution in [2.24, 2.45) is 0 Å². The van der Waals surface area contributed by atoms with Gasteiger partial charge in [0.05, 0.1) is 16.6 Å². The fourth-order valence-electron chi connectivity index (χ4n) is 7.01. The van der Waals surface area contributed by atoms with Crippen molar-refractivity contribution in [2.45, 2.75) is 0 Å². The Labute approximate surface area is 250 Å². The van der Waals surface area contributed by atoms with Crippen LogP contribution < -0.4 is 0 Å². The summed E-state index contributed by atoms with van der Waals surface area (Å²) >= 11 is 0. The van der Waals surface area contributed by atoms with Crippen molar-refractivity contribution in [1.29, 1.82) is 0 Å². The molecule has 0 unspecified atom stereocenters. The molecule has 0 N–H and O–H groups in total. The van der Waals surface area contributed by atoms with E-state index in [-0.39, 0.29) is 0 Å². The molecule has 0 atom stereocenters. The van der Waals surface area contributed by atoms with Gasteiger partial charge in [-0.25, -0.2) is 0 Å². The predicted octanol–water partition coefficient (Wildman–Crippen LogP) is 10.8. The SMILES string of the molecule is c1ccc(-n2c3ccc(-c4cccc5c4-c4ccccc4-c4ccccc4-c4ccccc4-5)cc3c3ncccc32)cc1. The van der Waals surface area contributed by atoms with Crippen LogP contribution >= 0.6 is 0 Å². The van der Waals surface area contributed by atoms with Gasteiger partial charge in [0, 0.05) is 17.3 Å². The first-order chi connectivity index (χ1) is 21.4. The van der Waals surface area contributed by atoms with Gasteiger partial charge in [0.2, 0.25) is 0 Å². The number of fused-ring (bicyclic) bond motifs is 11. The van der Waals surface area contributed by atoms with Crippen LogP contribution in [0.25, 0.3) is 83.3 Å². The number of hydrogen-bond acceptors (Lipinski definition) is 1. The molecule has 0 fully saturated rings. The maximum Gasteiger partial charge on any atom is 0.0963 e. The van der Waals surface area contributed by atoms with Crippen molar-refractivity contribution in [3.8, 4) is 61.3 Å². The third kappa shape index (κ3) is 3.57. The van der Waals surface area contributed by atoms with Crippen LogP contribution in [0.4, 0.5) is 0 Å². The maximum absolute atomic E-state index is 4.88. The third-order valence-corrected chi connectivity index (χ3v) is 8.83. The van der Waals surface area contributed by atoms with Crippen LogP contribution in [0.5, 0.6) is 0 Å². The zero-order valence-electron chi connectivity index (χ0n) is 23.4. The summed E-state index contributed by atoms with van der Waals surface area (Å²) in [4.78, 5) is 4.88. The van der Waals surface area contributed by atoms with E-state index in [9.17, 15) is 0 Å². The lowest BCUT2D eigenvalue weighted by atomic mass is 9.78. The van der Waals surface area contributed by atoms with Gasteiger partial charge in [0.1, 0.15) is 0 Å². The highest BCUT2D eigenvalue weighted by Crippen LogP contribution is 2.50. The maximum atomic E-state index is 4.88. The highest BCUT2D eigenvalue weighted by atomic mass is 15.0. The number of benzene rings is 6. The molecule has 0 amide bonds. The summed E-state index contributed by atoms with van der Waals surface area (Å²) in [5, 5.41) is 1.15. The lowest BCUT2D eigenvalue weighted by molar-refractivity contribution is 1.18. The molecule has 0 saturated heterocycles. The molecule has 8 aromatic rings. The summed E-state index contributed by atoms with van der Waals surface area (Å²) < 4.78 is 2.32. The summed E-state index contributed by atoms with van der Waals surface area (Å²) in [5.41, 5.74) is 16.9. The number of rotatable bonds is 2. The first kappa shape index (κ1) is 23.9. The van der Waals surface area contributed by atoms with Gasteiger partial charge in [-0.2, -0.15) is 0 Å². The van der Waals surface area contributed by atoms with E-state index in [0.717, 1.165) is 27.6 Å². The minimum absolute atomic E-state index is 1.02. The average molecular weight is 547 g/mol. The topological polar surface area (TPSA) is 17.8 Å². The van der Waals surface area contributed by atoms with E-state index >= 15 is 0 Å². The molecule has 6 aromatic carbocycles. The van der Waals surface area contributed by atoms with E-state index < -0.39 is 0 Å². The smallest absolute Gasteiger partial charge is 0.0963 e. The minimum atomic E-state index is 1.02. The van der Waals surface area contributed by atoms with Crippen LogP contribution in [0.3, 0.4) is 0 Å². The van der Waals surface area contributed by atoms with Crippen LogP contribution in [0.1, 0.15) is 0 Å². The Morgan fingerprint density at radius 2 is 0.953 bits per heavy atom. The van der Waals surface area contributed by atoms with Gasteiger partial charge in [-0.1, -0.05) is 115 Å². The molecule has 0 radical (unpaired) electrons.